The Bertz CT molecular complexity index is 873. The molecular formula is C19H23F2N5O. The topological polar surface area (TPSA) is 67.4 Å². The number of aryl methyl sites for hydroxylation is 1. The molecule has 1 aromatic heterocycles. The van der Waals surface area contributed by atoms with Crippen molar-refractivity contribution in [3.8, 4) is 0 Å². The van der Waals surface area contributed by atoms with Gasteiger partial charge in [-0.3, -0.25) is 14.4 Å². The van der Waals surface area contributed by atoms with Crippen molar-refractivity contribution in [2.24, 2.45) is 12.8 Å². The van der Waals surface area contributed by atoms with Gasteiger partial charge in [0.05, 0.1) is 0 Å². The number of fused-ring (bicyclic) bond motifs is 1. The average Bonchev–Trinajstić information content (AvgIpc) is 3.01. The number of primary amides is 1. The van der Waals surface area contributed by atoms with Crippen LogP contribution in [0, 0.1) is 11.6 Å². The zero-order valence-electron chi connectivity index (χ0n) is 15.3. The van der Waals surface area contributed by atoms with Gasteiger partial charge < -0.3 is 10.6 Å². The molecule has 6 nitrogen and oxygen atoms in total. The molecule has 0 unspecified atom stereocenters. The molecule has 0 spiro atoms. The van der Waals surface area contributed by atoms with Crippen molar-refractivity contribution < 1.29 is 13.6 Å². The molecule has 4 rings (SSSR count). The van der Waals surface area contributed by atoms with Gasteiger partial charge in [0.15, 0.2) is 17.3 Å². The van der Waals surface area contributed by atoms with Crippen LogP contribution in [0.5, 0.6) is 0 Å². The van der Waals surface area contributed by atoms with E-state index in [0.29, 0.717) is 18.3 Å². The Morgan fingerprint density at radius 2 is 1.93 bits per heavy atom. The number of hydrogen-bond donors (Lipinski definition) is 1. The van der Waals surface area contributed by atoms with Crippen molar-refractivity contribution in [3.05, 3.63) is 46.8 Å². The Morgan fingerprint density at radius 1 is 1.19 bits per heavy atom. The quantitative estimate of drug-likeness (QED) is 0.889. The molecule has 0 atom stereocenters. The zero-order valence-corrected chi connectivity index (χ0v) is 15.3. The molecule has 0 radical (unpaired) electrons. The first-order valence-electron chi connectivity index (χ1n) is 9.22. The van der Waals surface area contributed by atoms with Gasteiger partial charge in [0, 0.05) is 68.7 Å². The minimum atomic E-state index is -0.820. The summed E-state index contributed by atoms with van der Waals surface area (Å²) in [5.74, 6) is -2.12. The number of carbonyl (C=O) groups is 1. The van der Waals surface area contributed by atoms with Crippen molar-refractivity contribution in [2.75, 3.05) is 24.5 Å². The van der Waals surface area contributed by atoms with Crippen LogP contribution in [0.1, 0.15) is 34.6 Å². The van der Waals surface area contributed by atoms with Crippen LogP contribution in [0.4, 0.5) is 14.5 Å². The Labute approximate surface area is 156 Å². The van der Waals surface area contributed by atoms with Crippen LogP contribution < -0.4 is 10.6 Å². The van der Waals surface area contributed by atoms with Gasteiger partial charge in [-0.2, -0.15) is 5.10 Å². The highest BCUT2D eigenvalue weighted by atomic mass is 19.2. The molecule has 1 saturated heterocycles. The lowest BCUT2D eigenvalue weighted by Gasteiger charge is -2.41. The predicted molar refractivity (Wildman–Crippen MR) is 97.4 cm³/mol. The summed E-state index contributed by atoms with van der Waals surface area (Å²) in [6, 6.07) is 4.45. The van der Waals surface area contributed by atoms with Crippen LogP contribution in [-0.2, 0) is 20.0 Å². The molecule has 144 valence electrons. The molecule has 0 saturated carbocycles. The number of piperidine rings is 1. The van der Waals surface area contributed by atoms with Gasteiger partial charge in [0.1, 0.15) is 0 Å². The Hall–Kier alpha value is -2.48. The lowest BCUT2D eigenvalue weighted by atomic mass is 9.97. The summed E-state index contributed by atoms with van der Waals surface area (Å²) >= 11 is 0. The van der Waals surface area contributed by atoms with Crippen LogP contribution in [0.15, 0.2) is 18.2 Å². The molecule has 2 aliphatic rings. The van der Waals surface area contributed by atoms with Crippen LogP contribution >= 0.6 is 0 Å². The minimum Gasteiger partial charge on any atom is -0.371 e. The fraction of sp³-hybridized carbons (Fsp3) is 0.474. The highest BCUT2D eigenvalue weighted by Crippen LogP contribution is 2.29. The molecule has 2 aliphatic heterocycles. The van der Waals surface area contributed by atoms with Gasteiger partial charge in [0.2, 0.25) is 0 Å². The van der Waals surface area contributed by atoms with Crippen molar-refractivity contribution in [1.29, 1.82) is 0 Å². The summed E-state index contributed by atoms with van der Waals surface area (Å²) in [7, 11) is 1.85. The third-order valence-corrected chi connectivity index (χ3v) is 5.75. The lowest BCUT2D eigenvalue weighted by molar-refractivity contribution is 0.0990. The van der Waals surface area contributed by atoms with Crippen molar-refractivity contribution >= 4 is 11.6 Å². The van der Waals surface area contributed by atoms with Gasteiger partial charge in [-0.15, -0.1) is 0 Å². The lowest BCUT2D eigenvalue weighted by Crippen LogP contribution is -2.47. The normalized spacial score (nSPS) is 18.6. The van der Waals surface area contributed by atoms with E-state index in [-0.39, 0.29) is 0 Å². The molecule has 1 amide bonds. The number of carbonyl (C=O) groups excluding carboxylic acids is 1. The molecule has 3 heterocycles. The van der Waals surface area contributed by atoms with E-state index in [2.05, 4.69) is 14.9 Å². The third kappa shape index (κ3) is 3.29. The summed E-state index contributed by atoms with van der Waals surface area (Å²) in [6.45, 7) is 3.17. The monoisotopic (exact) mass is 375 g/mol. The van der Waals surface area contributed by atoms with E-state index in [1.807, 2.05) is 7.05 Å². The summed E-state index contributed by atoms with van der Waals surface area (Å²) in [6.07, 6.45) is 2.70. The maximum absolute atomic E-state index is 13.5. The van der Waals surface area contributed by atoms with E-state index < -0.39 is 17.5 Å². The van der Waals surface area contributed by atoms with E-state index in [9.17, 15) is 13.6 Å². The summed E-state index contributed by atoms with van der Waals surface area (Å²) in [4.78, 5) is 16.2. The number of nitrogens with zero attached hydrogens (tertiary/aromatic N) is 4. The molecule has 2 N–H and O–H groups in total. The van der Waals surface area contributed by atoms with E-state index in [1.165, 1.54) is 12.1 Å². The fourth-order valence-electron chi connectivity index (χ4n) is 4.29. The SMILES string of the molecule is Cn1nc(C(N)=O)c2c1CCN(C1CCN(c3ccc(F)c(F)c3)CC1)C2. The summed E-state index contributed by atoms with van der Waals surface area (Å²) in [5.41, 5.74) is 8.60. The second-order valence-corrected chi connectivity index (χ2v) is 7.30. The van der Waals surface area contributed by atoms with E-state index in [4.69, 9.17) is 5.73 Å². The van der Waals surface area contributed by atoms with E-state index in [0.717, 1.165) is 55.8 Å². The molecule has 27 heavy (non-hydrogen) atoms. The second kappa shape index (κ2) is 6.92. The van der Waals surface area contributed by atoms with Gasteiger partial charge in [-0.05, 0) is 25.0 Å². The maximum atomic E-state index is 13.5. The first-order valence-corrected chi connectivity index (χ1v) is 9.22. The first kappa shape index (κ1) is 17.9. The van der Waals surface area contributed by atoms with Gasteiger partial charge >= 0.3 is 0 Å². The minimum absolute atomic E-state index is 0.372. The van der Waals surface area contributed by atoms with Crippen molar-refractivity contribution in [1.82, 2.24) is 14.7 Å². The van der Waals surface area contributed by atoms with Gasteiger partial charge in [0.25, 0.3) is 5.91 Å². The molecule has 0 aliphatic carbocycles. The predicted octanol–water partition coefficient (Wildman–Crippen LogP) is 1.82. The smallest absolute Gasteiger partial charge is 0.269 e. The number of anilines is 1. The summed E-state index contributed by atoms with van der Waals surface area (Å²) in [5, 5.41) is 4.28. The number of aromatic nitrogens is 2. The largest absolute Gasteiger partial charge is 0.371 e. The van der Waals surface area contributed by atoms with Crippen molar-refractivity contribution in [3.63, 3.8) is 0 Å². The number of nitrogens with two attached hydrogens (primary N) is 1. The molecule has 2 aromatic rings. The molecule has 8 heteroatoms. The molecule has 0 bridgehead atoms. The molecular weight excluding hydrogens is 352 g/mol. The number of hydrogen-bond acceptors (Lipinski definition) is 4. The Kier molecular flexibility index (Phi) is 4.59. The zero-order chi connectivity index (χ0) is 19.1. The van der Waals surface area contributed by atoms with E-state index in [1.54, 1.807) is 10.7 Å². The number of benzene rings is 1. The maximum Gasteiger partial charge on any atom is 0.269 e. The third-order valence-electron chi connectivity index (χ3n) is 5.75. The number of halogens is 2. The fourth-order valence-corrected chi connectivity index (χ4v) is 4.29. The molecule has 1 fully saturated rings. The highest BCUT2D eigenvalue weighted by molar-refractivity contribution is 5.92. The van der Waals surface area contributed by atoms with E-state index >= 15 is 0 Å². The Balaban J connectivity index is 1.43. The van der Waals surface area contributed by atoms with Crippen LogP contribution in [0.25, 0.3) is 0 Å². The van der Waals surface area contributed by atoms with Crippen LogP contribution in [0.2, 0.25) is 0 Å². The number of rotatable bonds is 3. The van der Waals surface area contributed by atoms with Gasteiger partial charge in [-0.1, -0.05) is 0 Å². The second-order valence-electron chi connectivity index (χ2n) is 7.30. The van der Waals surface area contributed by atoms with Crippen LogP contribution in [0.3, 0.4) is 0 Å². The first-order chi connectivity index (χ1) is 12.9. The van der Waals surface area contributed by atoms with Crippen molar-refractivity contribution in [2.45, 2.75) is 31.8 Å². The Morgan fingerprint density at radius 3 is 2.59 bits per heavy atom. The average molecular weight is 375 g/mol. The number of amides is 1. The van der Waals surface area contributed by atoms with Crippen LogP contribution in [-0.4, -0.2) is 46.3 Å². The molecule has 1 aromatic carbocycles. The highest BCUT2D eigenvalue weighted by Gasteiger charge is 2.31. The summed E-state index contributed by atoms with van der Waals surface area (Å²) < 4.78 is 28.4. The standard InChI is InChI=1S/C19H23F2N5O/c1-24-17-6-9-26(11-14(17)18(23-24)19(22)27)12-4-7-25(8-5-12)13-2-3-15(20)16(21)10-13/h2-3,10,12H,4-9,11H2,1H3,(H2,22,27). The van der Waals surface area contributed by atoms with Gasteiger partial charge in [-0.25, -0.2) is 8.78 Å².